The summed E-state index contributed by atoms with van der Waals surface area (Å²) in [5, 5.41) is 7.74. The van der Waals surface area contributed by atoms with Gasteiger partial charge in [-0.25, -0.2) is 0 Å². The van der Waals surface area contributed by atoms with Gasteiger partial charge in [0.2, 0.25) is 5.91 Å². The molecule has 20 heavy (non-hydrogen) atoms. The number of rotatable bonds is 3. The monoisotopic (exact) mass is 276 g/mol. The molecule has 3 rings (SSSR count). The molecule has 2 aliphatic heterocycles. The van der Waals surface area contributed by atoms with Crippen molar-refractivity contribution in [1.29, 1.82) is 0 Å². The molecule has 0 aromatic carbocycles. The Morgan fingerprint density at radius 3 is 3.10 bits per heavy atom. The van der Waals surface area contributed by atoms with Crippen molar-refractivity contribution in [2.75, 3.05) is 19.6 Å². The van der Waals surface area contributed by atoms with Crippen LogP contribution < -0.4 is 5.32 Å². The fourth-order valence-electron chi connectivity index (χ4n) is 3.36. The number of amides is 1. The van der Waals surface area contributed by atoms with Crippen LogP contribution in [0.4, 0.5) is 0 Å². The number of hydrogen-bond donors (Lipinski definition) is 1. The van der Waals surface area contributed by atoms with Crippen LogP contribution in [0.5, 0.6) is 0 Å². The maximum Gasteiger partial charge on any atom is 0.236 e. The molecule has 0 aliphatic carbocycles. The molecule has 110 valence electrons. The second-order valence-electron chi connectivity index (χ2n) is 6.14. The summed E-state index contributed by atoms with van der Waals surface area (Å²) in [5.41, 5.74) is 1.22. The molecular formula is C15H24N4O. The molecule has 5 heteroatoms. The summed E-state index contributed by atoms with van der Waals surface area (Å²) in [7, 11) is 0. The zero-order valence-corrected chi connectivity index (χ0v) is 12.2. The molecule has 2 unspecified atom stereocenters. The zero-order valence-electron chi connectivity index (χ0n) is 12.2. The minimum Gasteiger partial charge on any atom is -0.341 e. The van der Waals surface area contributed by atoms with Crippen LogP contribution in [0.25, 0.3) is 0 Å². The summed E-state index contributed by atoms with van der Waals surface area (Å²) < 4.78 is 2.05. The van der Waals surface area contributed by atoms with E-state index in [1.165, 1.54) is 12.1 Å². The van der Waals surface area contributed by atoms with Crippen molar-refractivity contribution >= 4 is 5.91 Å². The highest BCUT2D eigenvalue weighted by molar-refractivity contribution is 5.78. The van der Waals surface area contributed by atoms with Gasteiger partial charge in [0.25, 0.3) is 0 Å². The Morgan fingerprint density at radius 2 is 2.25 bits per heavy atom. The number of piperidine rings is 1. The van der Waals surface area contributed by atoms with E-state index in [0.717, 1.165) is 38.9 Å². The lowest BCUT2D eigenvalue weighted by Gasteiger charge is -2.32. The van der Waals surface area contributed by atoms with Gasteiger partial charge >= 0.3 is 0 Å². The van der Waals surface area contributed by atoms with Crippen molar-refractivity contribution < 1.29 is 4.79 Å². The summed E-state index contributed by atoms with van der Waals surface area (Å²) in [4.78, 5) is 14.3. The number of carbonyl (C=O) groups is 1. The van der Waals surface area contributed by atoms with Crippen molar-refractivity contribution in [3.63, 3.8) is 0 Å². The minimum absolute atomic E-state index is 0.244. The Kier molecular flexibility index (Phi) is 4.05. The fourth-order valence-corrected chi connectivity index (χ4v) is 3.36. The Bertz CT molecular complexity index is 470. The first-order valence-corrected chi connectivity index (χ1v) is 7.77. The van der Waals surface area contributed by atoms with Gasteiger partial charge in [0.15, 0.2) is 0 Å². The number of hydrogen-bond acceptors (Lipinski definition) is 3. The van der Waals surface area contributed by atoms with Gasteiger partial charge in [-0.1, -0.05) is 6.92 Å². The normalized spacial score (nSPS) is 26.4. The van der Waals surface area contributed by atoms with E-state index in [1.54, 1.807) is 0 Å². The summed E-state index contributed by atoms with van der Waals surface area (Å²) in [6.45, 7) is 5.52. The quantitative estimate of drug-likeness (QED) is 0.911. The van der Waals surface area contributed by atoms with Crippen molar-refractivity contribution in [2.24, 2.45) is 5.92 Å². The van der Waals surface area contributed by atoms with Gasteiger partial charge in [0.1, 0.15) is 0 Å². The molecule has 1 saturated heterocycles. The Balaban J connectivity index is 1.54. The van der Waals surface area contributed by atoms with Crippen LogP contribution in [0, 0.1) is 5.92 Å². The number of carbonyl (C=O) groups excluding carboxylic acids is 1. The van der Waals surface area contributed by atoms with E-state index in [1.807, 2.05) is 11.1 Å². The summed E-state index contributed by atoms with van der Waals surface area (Å²) in [6, 6.07) is 2.34. The standard InChI is InChI=1S/C15H24N4O/c1-12-4-2-8-18(11-12)15(20)10-16-13-5-3-9-19-14(13)6-7-17-19/h6-7,12-13,16H,2-5,8-11H2,1H3. The fraction of sp³-hybridized carbons (Fsp3) is 0.733. The van der Waals surface area contributed by atoms with Crippen LogP contribution in [-0.2, 0) is 11.3 Å². The molecule has 5 nitrogen and oxygen atoms in total. The van der Waals surface area contributed by atoms with Crippen molar-refractivity contribution in [2.45, 2.75) is 45.2 Å². The van der Waals surface area contributed by atoms with Crippen molar-refractivity contribution in [3.8, 4) is 0 Å². The molecule has 0 spiro atoms. The molecule has 1 aromatic rings. The lowest BCUT2D eigenvalue weighted by molar-refractivity contribution is -0.132. The molecule has 2 atom stereocenters. The number of nitrogens with zero attached hydrogens (tertiary/aromatic N) is 3. The molecular weight excluding hydrogens is 252 g/mol. The number of likely N-dealkylation sites (tertiary alicyclic amines) is 1. The molecule has 1 fully saturated rings. The third kappa shape index (κ3) is 2.87. The molecule has 1 amide bonds. The molecule has 1 N–H and O–H groups in total. The molecule has 0 bridgehead atoms. The number of nitrogens with one attached hydrogen (secondary N) is 1. The van der Waals surface area contributed by atoms with E-state index in [0.29, 0.717) is 12.5 Å². The maximum atomic E-state index is 12.3. The van der Waals surface area contributed by atoms with Crippen LogP contribution in [0.3, 0.4) is 0 Å². The third-order valence-electron chi connectivity index (χ3n) is 4.48. The van der Waals surface area contributed by atoms with E-state index in [-0.39, 0.29) is 11.9 Å². The van der Waals surface area contributed by atoms with E-state index in [4.69, 9.17) is 0 Å². The zero-order chi connectivity index (χ0) is 13.9. The minimum atomic E-state index is 0.244. The van der Waals surface area contributed by atoms with Gasteiger partial charge < -0.3 is 10.2 Å². The lowest BCUT2D eigenvalue weighted by atomic mass is 10.0. The summed E-state index contributed by atoms with van der Waals surface area (Å²) in [5.74, 6) is 0.886. The first-order valence-electron chi connectivity index (χ1n) is 7.77. The van der Waals surface area contributed by atoms with Gasteiger partial charge in [-0.05, 0) is 37.7 Å². The largest absolute Gasteiger partial charge is 0.341 e. The predicted octanol–water partition coefficient (Wildman–Crippen LogP) is 1.57. The topological polar surface area (TPSA) is 50.2 Å². The van der Waals surface area contributed by atoms with Crippen LogP contribution in [0.2, 0.25) is 0 Å². The summed E-state index contributed by atoms with van der Waals surface area (Å²) in [6.07, 6.45) is 6.46. The smallest absolute Gasteiger partial charge is 0.236 e. The Hall–Kier alpha value is -1.36. The van der Waals surface area contributed by atoms with E-state index < -0.39 is 0 Å². The maximum absolute atomic E-state index is 12.3. The molecule has 2 aliphatic rings. The average Bonchev–Trinajstić information content (AvgIpc) is 2.93. The Morgan fingerprint density at radius 1 is 1.40 bits per heavy atom. The SMILES string of the molecule is CC1CCCN(C(=O)CNC2CCCn3nccc32)C1. The first kappa shape index (κ1) is 13.6. The van der Waals surface area contributed by atoms with Crippen molar-refractivity contribution in [1.82, 2.24) is 20.0 Å². The number of aromatic nitrogens is 2. The van der Waals surface area contributed by atoms with Gasteiger partial charge in [-0.2, -0.15) is 5.10 Å². The average molecular weight is 276 g/mol. The molecule has 1 aromatic heterocycles. The van der Waals surface area contributed by atoms with E-state index in [2.05, 4.69) is 28.1 Å². The van der Waals surface area contributed by atoms with Gasteiger partial charge in [0.05, 0.1) is 12.2 Å². The molecule has 0 saturated carbocycles. The van der Waals surface area contributed by atoms with Crippen LogP contribution in [0.15, 0.2) is 12.3 Å². The highest BCUT2D eigenvalue weighted by atomic mass is 16.2. The second-order valence-corrected chi connectivity index (χ2v) is 6.14. The molecule has 0 radical (unpaired) electrons. The van der Waals surface area contributed by atoms with Crippen LogP contribution in [-0.4, -0.2) is 40.2 Å². The third-order valence-corrected chi connectivity index (χ3v) is 4.48. The number of fused-ring (bicyclic) bond motifs is 1. The Labute approximate surface area is 120 Å². The van der Waals surface area contributed by atoms with Crippen LogP contribution >= 0.6 is 0 Å². The van der Waals surface area contributed by atoms with Crippen molar-refractivity contribution in [3.05, 3.63) is 18.0 Å². The number of aryl methyl sites for hydroxylation is 1. The lowest BCUT2D eigenvalue weighted by Crippen LogP contribution is -2.44. The highest BCUT2D eigenvalue weighted by Gasteiger charge is 2.24. The van der Waals surface area contributed by atoms with Gasteiger partial charge in [-0.3, -0.25) is 9.48 Å². The van der Waals surface area contributed by atoms with E-state index >= 15 is 0 Å². The highest BCUT2D eigenvalue weighted by Crippen LogP contribution is 2.23. The second kappa shape index (κ2) is 5.95. The van der Waals surface area contributed by atoms with E-state index in [9.17, 15) is 4.79 Å². The van der Waals surface area contributed by atoms with Gasteiger partial charge in [-0.15, -0.1) is 0 Å². The van der Waals surface area contributed by atoms with Crippen LogP contribution in [0.1, 0.15) is 44.3 Å². The van der Waals surface area contributed by atoms with Gasteiger partial charge in [0, 0.05) is 31.9 Å². The first-order chi connectivity index (χ1) is 9.74. The summed E-state index contributed by atoms with van der Waals surface area (Å²) >= 11 is 0. The molecule has 3 heterocycles. The predicted molar refractivity (Wildman–Crippen MR) is 77.2 cm³/mol.